The van der Waals surface area contributed by atoms with Crippen molar-refractivity contribution in [3.8, 4) is 0 Å². The summed E-state index contributed by atoms with van der Waals surface area (Å²) in [4.78, 5) is 25.4. The first-order valence-corrected chi connectivity index (χ1v) is 5.60. The first-order chi connectivity index (χ1) is 7.20. The van der Waals surface area contributed by atoms with Crippen molar-refractivity contribution in [2.75, 3.05) is 26.3 Å². The van der Waals surface area contributed by atoms with E-state index in [4.69, 9.17) is 4.74 Å². The normalized spacial score (nSPS) is 22.3. The first-order valence-electron chi connectivity index (χ1n) is 5.60. The molecule has 1 aliphatic rings. The van der Waals surface area contributed by atoms with E-state index in [2.05, 4.69) is 0 Å². The molecule has 0 bridgehead atoms. The molecule has 1 aliphatic heterocycles. The maximum absolute atomic E-state index is 12.0. The van der Waals surface area contributed by atoms with E-state index >= 15 is 0 Å². The summed E-state index contributed by atoms with van der Waals surface area (Å²) in [5, 5.41) is 0. The highest BCUT2D eigenvalue weighted by Gasteiger charge is 2.30. The van der Waals surface area contributed by atoms with Crippen LogP contribution in [0.4, 0.5) is 0 Å². The molecule has 1 rings (SSSR count). The monoisotopic (exact) mass is 213 g/mol. The minimum atomic E-state index is -0.465. The fourth-order valence-corrected chi connectivity index (χ4v) is 1.83. The fourth-order valence-electron chi connectivity index (χ4n) is 1.83. The quantitative estimate of drug-likeness (QED) is 0.653. The number of Topliss-reactive ketones (excluding diaryl/α,β-unsaturated/α-hetero) is 1. The molecule has 86 valence electrons. The molecular formula is C11H19NO3. The predicted molar refractivity (Wildman–Crippen MR) is 56.5 cm³/mol. The third-order valence-corrected chi connectivity index (χ3v) is 2.81. The van der Waals surface area contributed by atoms with E-state index in [9.17, 15) is 9.59 Å². The van der Waals surface area contributed by atoms with Crippen molar-refractivity contribution in [3.63, 3.8) is 0 Å². The van der Waals surface area contributed by atoms with Crippen molar-refractivity contribution in [1.82, 2.24) is 4.90 Å². The predicted octanol–water partition coefficient (Wildman–Crippen LogP) is 0.850. The fraction of sp³-hybridized carbons (Fsp3) is 0.818. The van der Waals surface area contributed by atoms with Gasteiger partial charge in [0.2, 0.25) is 5.91 Å². The zero-order valence-corrected chi connectivity index (χ0v) is 9.49. The second-order valence-electron chi connectivity index (χ2n) is 3.68. The lowest BCUT2D eigenvalue weighted by Crippen LogP contribution is -2.39. The Morgan fingerprint density at radius 3 is 2.67 bits per heavy atom. The smallest absolute Gasteiger partial charge is 0.233 e. The molecule has 0 aromatic carbocycles. The highest BCUT2D eigenvalue weighted by molar-refractivity contribution is 6.01. The number of ketones is 1. The molecule has 1 atom stereocenters. The van der Waals surface area contributed by atoms with Crippen LogP contribution in [0.5, 0.6) is 0 Å². The summed E-state index contributed by atoms with van der Waals surface area (Å²) in [7, 11) is 0. The molecule has 0 aromatic rings. The molecular weight excluding hydrogens is 194 g/mol. The van der Waals surface area contributed by atoms with Crippen molar-refractivity contribution in [3.05, 3.63) is 0 Å². The van der Waals surface area contributed by atoms with Crippen molar-refractivity contribution in [2.45, 2.75) is 26.7 Å². The number of hydrogen-bond acceptors (Lipinski definition) is 3. The van der Waals surface area contributed by atoms with Gasteiger partial charge in [-0.2, -0.15) is 0 Å². The average molecular weight is 213 g/mol. The maximum atomic E-state index is 12.0. The lowest BCUT2D eigenvalue weighted by atomic mass is 9.97. The van der Waals surface area contributed by atoms with E-state index in [1.165, 1.54) is 0 Å². The van der Waals surface area contributed by atoms with Gasteiger partial charge in [0.25, 0.3) is 0 Å². The topological polar surface area (TPSA) is 46.6 Å². The Bertz CT molecular complexity index is 236. The minimum Gasteiger partial charge on any atom is -0.381 e. The highest BCUT2D eigenvalue weighted by Crippen LogP contribution is 2.15. The van der Waals surface area contributed by atoms with E-state index in [1.807, 2.05) is 13.8 Å². The van der Waals surface area contributed by atoms with Gasteiger partial charge < -0.3 is 9.64 Å². The Morgan fingerprint density at radius 2 is 2.07 bits per heavy atom. The second-order valence-corrected chi connectivity index (χ2v) is 3.68. The Morgan fingerprint density at radius 1 is 1.40 bits per heavy atom. The van der Waals surface area contributed by atoms with Crippen molar-refractivity contribution in [1.29, 1.82) is 0 Å². The Hall–Kier alpha value is -0.900. The van der Waals surface area contributed by atoms with Gasteiger partial charge in [-0.15, -0.1) is 0 Å². The molecule has 0 aliphatic carbocycles. The number of nitrogens with zero attached hydrogens (tertiary/aromatic N) is 1. The van der Waals surface area contributed by atoms with E-state index in [0.717, 1.165) is 0 Å². The highest BCUT2D eigenvalue weighted by atomic mass is 16.5. The number of hydrogen-bond donors (Lipinski definition) is 0. The van der Waals surface area contributed by atoms with Gasteiger partial charge >= 0.3 is 0 Å². The van der Waals surface area contributed by atoms with Crippen LogP contribution in [0, 0.1) is 5.92 Å². The zero-order chi connectivity index (χ0) is 11.3. The molecule has 1 saturated heterocycles. The number of carbonyl (C=O) groups excluding carboxylic acids is 2. The summed E-state index contributed by atoms with van der Waals surface area (Å²) in [6, 6.07) is 0. The van der Waals surface area contributed by atoms with E-state index in [0.29, 0.717) is 39.1 Å². The molecule has 4 nitrogen and oxygen atoms in total. The van der Waals surface area contributed by atoms with Gasteiger partial charge in [-0.1, -0.05) is 0 Å². The van der Waals surface area contributed by atoms with Gasteiger partial charge in [-0.3, -0.25) is 9.59 Å². The van der Waals surface area contributed by atoms with Crippen LogP contribution in [-0.4, -0.2) is 42.9 Å². The number of rotatable bonds is 3. The van der Waals surface area contributed by atoms with Gasteiger partial charge in [0.15, 0.2) is 0 Å². The summed E-state index contributed by atoms with van der Waals surface area (Å²) in [5.74, 6) is -0.465. The molecule has 0 saturated carbocycles. The Kier molecular flexibility index (Phi) is 4.75. The molecule has 1 fully saturated rings. The standard InChI is InChI=1S/C11H19NO3/c1-3-12(4-2)11(14)9-5-7-15-8-6-10(9)13/h9H,3-8H2,1-2H3. The van der Waals surface area contributed by atoms with Gasteiger partial charge in [-0.25, -0.2) is 0 Å². The number of carbonyl (C=O) groups is 2. The average Bonchev–Trinajstić information content (AvgIpc) is 2.44. The molecule has 4 heteroatoms. The van der Waals surface area contributed by atoms with Crippen molar-refractivity contribution in [2.24, 2.45) is 5.92 Å². The summed E-state index contributed by atoms with van der Waals surface area (Å²) >= 11 is 0. The summed E-state index contributed by atoms with van der Waals surface area (Å²) in [6.45, 7) is 6.17. The minimum absolute atomic E-state index is 0.0319. The van der Waals surface area contributed by atoms with Crippen LogP contribution in [0.25, 0.3) is 0 Å². The molecule has 0 spiro atoms. The van der Waals surface area contributed by atoms with E-state index in [-0.39, 0.29) is 11.7 Å². The molecule has 1 unspecified atom stereocenters. The largest absolute Gasteiger partial charge is 0.381 e. The van der Waals surface area contributed by atoms with Crippen molar-refractivity contribution >= 4 is 11.7 Å². The van der Waals surface area contributed by atoms with Crippen LogP contribution >= 0.6 is 0 Å². The molecule has 0 N–H and O–H groups in total. The van der Waals surface area contributed by atoms with Crippen LogP contribution in [0.1, 0.15) is 26.7 Å². The molecule has 1 heterocycles. The lowest BCUT2D eigenvalue weighted by Gasteiger charge is -2.23. The lowest BCUT2D eigenvalue weighted by molar-refractivity contribution is -0.141. The molecule has 1 amide bonds. The molecule has 0 aromatic heterocycles. The van der Waals surface area contributed by atoms with Crippen LogP contribution in [-0.2, 0) is 14.3 Å². The van der Waals surface area contributed by atoms with E-state index < -0.39 is 5.92 Å². The van der Waals surface area contributed by atoms with Gasteiger partial charge in [-0.05, 0) is 20.3 Å². The van der Waals surface area contributed by atoms with E-state index in [1.54, 1.807) is 4.90 Å². The van der Waals surface area contributed by atoms with Crippen LogP contribution in [0.15, 0.2) is 0 Å². The first kappa shape index (κ1) is 12.2. The van der Waals surface area contributed by atoms with Crippen molar-refractivity contribution < 1.29 is 14.3 Å². The number of amides is 1. The molecule has 15 heavy (non-hydrogen) atoms. The van der Waals surface area contributed by atoms with Crippen LogP contribution < -0.4 is 0 Å². The molecule has 0 radical (unpaired) electrons. The summed E-state index contributed by atoms with van der Waals surface area (Å²) in [5.41, 5.74) is 0. The Balaban J connectivity index is 2.66. The number of ether oxygens (including phenoxy) is 1. The van der Waals surface area contributed by atoms with Crippen LogP contribution in [0.2, 0.25) is 0 Å². The zero-order valence-electron chi connectivity index (χ0n) is 9.49. The maximum Gasteiger partial charge on any atom is 0.233 e. The SMILES string of the molecule is CCN(CC)C(=O)C1CCOCCC1=O. The third-order valence-electron chi connectivity index (χ3n) is 2.81. The third kappa shape index (κ3) is 3.02. The van der Waals surface area contributed by atoms with Crippen LogP contribution in [0.3, 0.4) is 0 Å². The van der Waals surface area contributed by atoms with Gasteiger partial charge in [0.1, 0.15) is 5.78 Å². The summed E-state index contributed by atoms with van der Waals surface area (Å²) < 4.78 is 5.20. The van der Waals surface area contributed by atoms with Gasteiger partial charge in [0, 0.05) is 26.1 Å². The second kappa shape index (κ2) is 5.85. The summed E-state index contributed by atoms with van der Waals surface area (Å²) in [6.07, 6.45) is 0.909. The van der Waals surface area contributed by atoms with Gasteiger partial charge in [0.05, 0.1) is 12.5 Å². The Labute approximate surface area is 90.6 Å².